The van der Waals surface area contributed by atoms with Gasteiger partial charge in [0.2, 0.25) is 0 Å². The molecule has 0 fully saturated rings. The van der Waals surface area contributed by atoms with E-state index < -0.39 is 0 Å². The first-order valence-corrected chi connectivity index (χ1v) is 6.13. The first kappa shape index (κ1) is 14.4. The van der Waals surface area contributed by atoms with Crippen molar-refractivity contribution < 1.29 is 9.53 Å². The van der Waals surface area contributed by atoms with Crippen LogP contribution in [-0.2, 0) is 4.74 Å². The molecule has 0 spiro atoms. The normalized spacial score (nSPS) is 11.9. The van der Waals surface area contributed by atoms with Gasteiger partial charge < -0.3 is 15.4 Å². The molecule has 0 aliphatic rings. The Bertz CT molecular complexity index is 367. The third kappa shape index (κ3) is 4.67. The molecule has 1 atom stereocenters. The molecule has 6 heteroatoms. The number of hydrogen-bond donors (Lipinski definition) is 2. The summed E-state index contributed by atoms with van der Waals surface area (Å²) in [7, 11) is 0. The van der Waals surface area contributed by atoms with Crippen molar-refractivity contribution >= 4 is 11.7 Å². The molecular weight excluding hydrogens is 232 g/mol. The lowest BCUT2D eigenvalue weighted by Gasteiger charge is -2.13. The molecule has 0 saturated carbocycles. The number of nitrogens with zero attached hydrogens (tertiary/aromatic N) is 2. The van der Waals surface area contributed by atoms with E-state index in [1.165, 1.54) is 0 Å². The second-order valence-electron chi connectivity index (χ2n) is 3.87. The predicted octanol–water partition coefficient (Wildman–Crippen LogP) is 1.06. The third-order valence-corrected chi connectivity index (χ3v) is 2.20. The summed E-state index contributed by atoms with van der Waals surface area (Å²) in [5, 5.41) is 13.6. The van der Waals surface area contributed by atoms with E-state index in [4.69, 9.17) is 4.74 Å². The van der Waals surface area contributed by atoms with Crippen molar-refractivity contribution in [1.82, 2.24) is 15.5 Å². The van der Waals surface area contributed by atoms with Crippen LogP contribution < -0.4 is 10.6 Å². The summed E-state index contributed by atoms with van der Waals surface area (Å²) in [6.45, 7) is 7.67. The molecule has 0 bridgehead atoms. The Morgan fingerprint density at radius 1 is 1.39 bits per heavy atom. The quantitative estimate of drug-likeness (QED) is 0.759. The second-order valence-corrected chi connectivity index (χ2v) is 3.87. The Morgan fingerprint density at radius 2 is 2.17 bits per heavy atom. The molecule has 6 nitrogen and oxygen atoms in total. The van der Waals surface area contributed by atoms with Crippen molar-refractivity contribution in [3.05, 3.63) is 17.8 Å². The lowest BCUT2D eigenvalue weighted by molar-refractivity contribution is 0.0866. The van der Waals surface area contributed by atoms with Crippen LogP contribution in [0.2, 0.25) is 0 Å². The molecule has 0 aliphatic heterocycles. The van der Waals surface area contributed by atoms with Gasteiger partial charge in [0.05, 0.1) is 6.61 Å². The third-order valence-electron chi connectivity index (χ3n) is 2.20. The first-order valence-electron chi connectivity index (χ1n) is 6.13. The number of rotatable bonds is 7. The maximum absolute atomic E-state index is 11.8. The van der Waals surface area contributed by atoms with Crippen LogP contribution in [0.3, 0.4) is 0 Å². The van der Waals surface area contributed by atoms with Gasteiger partial charge in [0, 0.05) is 19.2 Å². The fourth-order valence-corrected chi connectivity index (χ4v) is 1.36. The zero-order valence-corrected chi connectivity index (χ0v) is 11.1. The highest BCUT2D eigenvalue weighted by Gasteiger charge is 2.11. The Morgan fingerprint density at radius 3 is 2.72 bits per heavy atom. The van der Waals surface area contributed by atoms with E-state index in [1.54, 1.807) is 12.1 Å². The zero-order chi connectivity index (χ0) is 13.4. The summed E-state index contributed by atoms with van der Waals surface area (Å²) >= 11 is 0. The number of hydrogen-bond acceptors (Lipinski definition) is 5. The summed E-state index contributed by atoms with van der Waals surface area (Å²) in [5.41, 5.74) is 0.306. The number of carbonyl (C=O) groups is 1. The monoisotopic (exact) mass is 252 g/mol. The van der Waals surface area contributed by atoms with Crippen molar-refractivity contribution in [2.75, 3.05) is 25.1 Å². The van der Waals surface area contributed by atoms with Crippen LogP contribution in [0.5, 0.6) is 0 Å². The van der Waals surface area contributed by atoms with Crippen molar-refractivity contribution in [3.8, 4) is 0 Å². The van der Waals surface area contributed by atoms with Crippen molar-refractivity contribution in [2.45, 2.75) is 26.8 Å². The molecular formula is C12H20N4O2. The van der Waals surface area contributed by atoms with Crippen LogP contribution in [0.4, 0.5) is 5.82 Å². The van der Waals surface area contributed by atoms with E-state index in [9.17, 15) is 4.79 Å². The maximum atomic E-state index is 11.8. The molecule has 1 amide bonds. The average molecular weight is 252 g/mol. The molecule has 18 heavy (non-hydrogen) atoms. The van der Waals surface area contributed by atoms with Crippen LogP contribution in [0, 0.1) is 0 Å². The second kappa shape index (κ2) is 7.60. The van der Waals surface area contributed by atoms with Gasteiger partial charge in [-0.25, -0.2) is 0 Å². The summed E-state index contributed by atoms with van der Waals surface area (Å²) < 4.78 is 5.22. The summed E-state index contributed by atoms with van der Waals surface area (Å²) in [6, 6.07) is 3.33. The SMILES string of the molecule is CCNc1ccc(C(=O)NC(C)COCC)nn1. The largest absolute Gasteiger partial charge is 0.380 e. The molecule has 0 radical (unpaired) electrons. The van der Waals surface area contributed by atoms with E-state index in [2.05, 4.69) is 20.8 Å². The van der Waals surface area contributed by atoms with Gasteiger partial charge in [0.15, 0.2) is 5.69 Å². The number of ether oxygens (including phenoxy) is 1. The molecule has 1 heterocycles. The zero-order valence-electron chi connectivity index (χ0n) is 11.1. The van der Waals surface area contributed by atoms with Crippen LogP contribution in [0.15, 0.2) is 12.1 Å². The van der Waals surface area contributed by atoms with Crippen LogP contribution in [0.1, 0.15) is 31.3 Å². The number of anilines is 1. The smallest absolute Gasteiger partial charge is 0.272 e. The highest BCUT2D eigenvalue weighted by molar-refractivity contribution is 5.92. The number of carbonyl (C=O) groups excluding carboxylic acids is 1. The fraction of sp³-hybridized carbons (Fsp3) is 0.583. The summed E-state index contributed by atoms with van der Waals surface area (Å²) in [4.78, 5) is 11.8. The van der Waals surface area contributed by atoms with Crippen molar-refractivity contribution in [2.24, 2.45) is 0 Å². The Kier molecular flexibility index (Phi) is 6.07. The highest BCUT2D eigenvalue weighted by atomic mass is 16.5. The van der Waals surface area contributed by atoms with E-state index in [0.717, 1.165) is 6.54 Å². The molecule has 1 aromatic rings. The van der Waals surface area contributed by atoms with E-state index in [0.29, 0.717) is 24.7 Å². The van der Waals surface area contributed by atoms with Crippen molar-refractivity contribution in [1.29, 1.82) is 0 Å². The standard InChI is InChI=1S/C12H20N4O2/c1-4-13-11-7-6-10(15-16-11)12(17)14-9(3)8-18-5-2/h6-7,9H,4-5,8H2,1-3H3,(H,13,16)(H,14,17). The van der Waals surface area contributed by atoms with Gasteiger partial charge in [-0.1, -0.05) is 0 Å². The van der Waals surface area contributed by atoms with E-state index in [-0.39, 0.29) is 11.9 Å². The van der Waals surface area contributed by atoms with E-state index >= 15 is 0 Å². The van der Waals surface area contributed by atoms with Gasteiger partial charge in [0.1, 0.15) is 5.82 Å². The summed E-state index contributed by atoms with van der Waals surface area (Å²) in [6.07, 6.45) is 0. The minimum Gasteiger partial charge on any atom is -0.380 e. The highest BCUT2D eigenvalue weighted by Crippen LogP contribution is 2.01. The molecule has 1 unspecified atom stereocenters. The molecule has 2 N–H and O–H groups in total. The first-order chi connectivity index (χ1) is 8.67. The number of amides is 1. The Balaban J connectivity index is 2.50. The fourth-order valence-electron chi connectivity index (χ4n) is 1.36. The topological polar surface area (TPSA) is 76.1 Å². The Labute approximate surface area is 107 Å². The minimum atomic E-state index is -0.238. The van der Waals surface area contributed by atoms with Gasteiger partial charge in [-0.05, 0) is 32.9 Å². The van der Waals surface area contributed by atoms with E-state index in [1.807, 2.05) is 20.8 Å². The minimum absolute atomic E-state index is 0.0484. The number of nitrogens with one attached hydrogen (secondary N) is 2. The van der Waals surface area contributed by atoms with Gasteiger partial charge in [0.25, 0.3) is 5.91 Å². The maximum Gasteiger partial charge on any atom is 0.272 e. The molecule has 0 aliphatic carbocycles. The van der Waals surface area contributed by atoms with Crippen LogP contribution in [0.25, 0.3) is 0 Å². The lowest BCUT2D eigenvalue weighted by Crippen LogP contribution is -2.36. The van der Waals surface area contributed by atoms with Gasteiger partial charge in [-0.3, -0.25) is 4.79 Å². The number of aromatic nitrogens is 2. The lowest BCUT2D eigenvalue weighted by atomic mass is 10.3. The molecule has 1 rings (SSSR count). The molecule has 0 aromatic carbocycles. The predicted molar refractivity (Wildman–Crippen MR) is 69.6 cm³/mol. The molecule has 1 aromatic heterocycles. The molecule has 100 valence electrons. The average Bonchev–Trinajstić information content (AvgIpc) is 2.37. The van der Waals surface area contributed by atoms with Gasteiger partial charge >= 0.3 is 0 Å². The summed E-state index contributed by atoms with van der Waals surface area (Å²) in [5.74, 6) is 0.425. The van der Waals surface area contributed by atoms with Gasteiger partial charge in [-0.15, -0.1) is 10.2 Å². The van der Waals surface area contributed by atoms with Crippen LogP contribution >= 0.6 is 0 Å². The molecule has 0 saturated heterocycles. The van der Waals surface area contributed by atoms with Crippen LogP contribution in [-0.4, -0.2) is 41.9 Å². The van der Waals surface area contributed by atoms with Gasteiger partial charge in [-0.2, -0.15) is 0 Å². The Hall–Kier alpha value is -1.69. The van der Waals surface area contributed by atoms with Crippen molar-refractivity contribution in [3.63, 3.8) is 0 Å².